The van der Waals surface area contributed by atoms with Crippen molar-refractivity contribution in [1.82, 2.24) is 0 Å². The van der Waals surface area contributed by atoms with E-state index in [4.69, 9.17) is 0 Å². The first-order chi connectivity index (χ1) is 9.45. The summed E-state index contributed by atoms with van der Waals surface area (Å²) < 4.78 is 4.18. The fraction of sp³-hybridized carbons (Fsp3) is 0.333. The van der Waals surface area contributed by atoms with Crippen LogP contribution < -0.4 is 8.32 Å². The number of benzene rings is 2. The summed E-state index contributed by atoms with van der Waals surface area (Å²) in [5.41, 5.74) is 0. The predicted octanol–water partition coefficient (Wildman–Crippen LogP) is 4.07. The van der Waals surface area contributed by atoms with Crippen molar-refractivity contribution >= 4 is 18.2 Å². The molecule has 1 saturated carbocycles. The molecule has 2 heteroatoms. The van der Waals surface area contributed by atoms with Crippen molar-refractivity contribution < 1.29 is 16.0 Å². The van der Waals surface area contributed by atoms with E-state index in [2.05, 4.69) is 60.7 Å². The summed E-state index contributed by atoms with van der Waals surface area (Å²) in [6, 6.07) is 22.5. The monoisotopic (exact) mass is 374 g/mol. The van der Waals surface area contributed by atoms with Gasteiger partial charge in [-0.25, -0.2) is 0 Å². The minimum atomic E-state index is -0.928. The van der Waals surface area contributed by atoms with Crippen LogP contribution >= 0.6 is 9.90 Å². The van der Waals surface area contributed by atoms with E-state index in [1.165, 1.54) is 32.1 Å². The Kier molecular flexibility index (Phi) is 6.40. The van der Waals surface area contributed by atoms with Gasteiger partial charge in [-0.1, -0.05) is 0 Å². The summed E-state index contributed by atoms with van der Waals surface area (Å²) in [4.78, 5) is 0. The Bertz CT molecular complexity index is 452. The van der Waals surface area contributed by atoms with E-state index < -0.39 is 16.0 Å². The van der Waals surface area contributed by atoms with E-state index in [1.54, 1.807) is 8.32 Å². The van der Waals surface area contributed by atoms with Crippen LogP contribution in [0.1, 0.15) is 32.1 Å². The molecule has 0 aliphatic heterocycles. The van der Waals surface area contributed by atoms with Crippen LogP contribution in [-0.2, 0) is 16.0 Å². The second kappa shape index (κ2) is 8.06. The molecule has 20 heavy (non-hydrogen) atoms. The minimum absolute atomic E-state index is 0. The summed E-state index contributed by atoms with van der Waals surface area (Å²) in [6.07, 6.45) is 7.20. The Balaban J connectivity index is 0.00000147. The van der Waals surface area contributed by atoms with Gasteiger partial charge in [0, 0.05) is 0 Å². The Morgan fingerprint density at radius 2 is 1.10 bits per heavy atom. The Morgan fingerprint density at radius 3 is 1.55 bits per heavy atom. The third-order valence-corrected chi connectivity index (χ3v) is 9.05. The summed E-state index contributed by atoms with van der Waals surface area (Å²) in [6.45, 7) is 0. The van der Waals surface area contributed by atoms with E-state index in [1.807, 2.05) is 0 Å². The van der Waals surface area contributed by atoms with Gasteiger partial charge in [-0.2, -0.15) is 9.90 Å². The zero-order valence-corrected chi connectivity index (χ0v) is 15.0. The fourth-order valence-corrected chi connectivity index (χ4v) is 8.22. The van der Waals surface area contributed by atoms with Crippen LogP contribution in [0.5, 0.6) is 0 Å². The average molecular weight is 374 g/mol. The van der Waals surface area contributed by atoms with E-state index in [-0.39, 0.29) is 9.90 Å². The van der Waals surface area contributed by atoms with Crippen LogP contribution in [-0.4, -0.2) is 0 Å². The van der Waals surface area contributed by atoms with E-state index in [0.717, 1.165) is 4.51 Å². The van der Waals surface area contributed by atoms with E-state index >= 15 is 0 Å². The maximum atomic E-state index is 2.36. The van der Waals surface area contributed by atoms with E-state index in [9.17, 15) is 0 Å². The molecule has 1 atom stereocenters. The van der Waals surface area contributed by atoms with Gasteiger partial charge in [-0.05, 0) is 0 Å². The van der Waals surface area contributed by atoms with Gasteiger partial charge in [0.05, 0.1) is 0 Å². The molecular formula is C18H24PRh. The van der Waals surface area contributed by atoms with Crippen molar-refractivity contribution in [2.45, 2.75) is 36.6 Å². The second-order valence-corrected chi connectivity index (χ2v) is 9.60. The maximum absolute atomic E-state index is 2.36. The third kappa shape index (κ3) is 3.78. The molecule has 0 radical (unpaired) electrons. The fourth-order valence-electron chi connectivity index (χ4n) is 2.70. The van der Waals surface area contributed by atoms with Gasteiger partial charge in [0.2, 0.25) is 0 Å². The standard InChI is InChI=1S/C6H11.2C6H5.H3P.Rh/c3*1-2-4-6-5-3-1;;/h1H,2-6H2;2*1-5H;1H3;. The molecule has 0 amide bonds. The molecule has 2 aromatic carbocycles. The van der Waals surface area contributed by atoms with Gasteiger partial charge in [0.25, 0.3) is 0 Å². The summed E-state index contributed by atoms with van der Waals surface area (Å²) >= 11 is -0.928. The van der Waals surface area contributed by atoms with Gasteiger partial charge in [0.15, 0.2) is 0 Å². The molecule has 0 heterocycles. The molecular weight excluding hydrogens is 350 g/mol. The Labute approximate surface area is 131 Å². The Hall–Kier alpha value is -0.507. The first-order valence-electron chi connectivity index (χ1n) is 7.16. The quantitative estimate of drug-likeness (QED) is 0.561. The van der Waals surface area contributed by atoms with Crippen molar-refractivity contribution in [3.05, 3.63) is 60.7 Å². The molecule has 0 saturated heterocycles. The molecule has 0 N–H and O–H groups in total. The van der Waals surface area contributed by atoms with Gasteiger partial charge in [-0.3, -0.25) is 0 Å². The normalized spacial score (nSPS) is 16.3. The molecule has 1 unspecified atom stereocenters. The van der Waals surface area contributed by atoms with Crippen LogP contribution in [0.25, 0.3) is 0 Å². The summed E-state index contributed by atoms with van der Waals surface area (Å²) in [5, 5.41) is 0. The molecule has 1 fully saturated rings. The molecule has 2 aromatic rings. The molecule has 1 aliphatic carbocycles. The molecule has 1 aliphatic rings. The summed E-state index contributed by atoms with van der Waals surface area (Å²) in [5.74, 6) is 0. The predicted molar refractivity (Wildman–Crippen MR) is 90.1 cm³/mol. The molecule has 110 valence electrons. The number of rotatable bonds is 3. The SMILES string of the molecule is P.c1cc[c]([Rh]([c]2ccccc2)[CH]2CCCCC2)cc1. The topological polar surface area (TPSA) is 0 Å². The molecule has 0 aromatic heterocycles. The molecule has 3 rings (SSSR count). The van der Waals surface area contributed by atoms with Crippen LogP contribution in [0, 0.1) is 0 Å². The van der Waals surface area contributed by atoms with Crippen molar-refractivity contribution in [3.8, 4) is 0 Å². The van der Waals surface area contributed by atoms with Crippen molar-refractivity contribution in [1.29, 1.82) is 0 Å². The summed E-state index contributed by atoms with van der Waals surface area (Å²) in [7, 11) is 0. The third-order valence-electron chi connectivity index (χ3n) is 3.63. The zero-order chi connectivity index (χ0) is 12.9. The van der Waals surface area contributed by atoms with Gasteiger partial charge in [0.1, 0.15) is 0 Å². The molecule has 0 bridgehead atoms. The number of hydrogen-bond donors (Lipinski definition) is 0. The first kappa shape index (κ1) is 15.9. The average Bonchev–Trinajstić information content (AvgIpc) is 2.51. The number of hydrogen-bond acceptors (Lipinski definition) is 0. The van der Waals surface area contributed by atoms with Crippen molar-refractivity contribution in [2.75, 3.05) is 0 Å². The van der Waals surface area contributed by atoms with E-state index in [0.29, 0.717) is 0 Å². The molecule has 0 nitrogen and oxygen atoms in total. The van der Waals surface area contributed by atoms with Gasteiger partial charge >= 0.3 is 122 Å². The van der Waals surface area contributed by atoms with Crippen molar-refractivity contribution in [2.24, 2.45) is 0 Å². The molecule has 0 spiro atoms. The Morgan fingerprint density at radius 1 is 0.650 bits per heavy atom. The van der Waals surface area contributed by atoms with Crippen LogP contribution in [0.4, 0.5) is 0 Å². The van der Waals surface area contributed by atoms with Crippen LogP contribution in [0.3, 0.4) is 0 Å². The second-order valence-electron chi connectivity index (χ2n) is 5.01. The van der Waals surface area contributed by atoms with Crippen LogP contribution in [0.2, 0.25) is 4.51 Å². The van der Waals surface area contributed by atoms with Crippen molar-refractivity contribution in [3.63, 3.8) is 0 Å². The first-order valence-corrected chi connectivity index (χ1v) is 9.75. The van der Waals surface area contributed by atoms with Gasteiger partial charge in [-0.15, -0.1) is 0 Å². The van der Waals surface area contributed by atoms with Gasteiger partial charge < -0.3 is 0 Å². The zero-order valence-electron chi connectivity index (χ0n) is 11.9. The van der Waals surface area contributed by atoms with Crippen LogP contribution in [0.15, 0.2) is 60.7 Å².